The van der Waals surface area contributed by atoms with E-state index in [2.05, 4.69) is 17.4 Å². The van der Waals surface area contributed by atoms with Gasteiger partial charge in [0.05, 0.1) is 17.5 Å². The van der Waals surface area contributed by atoms with Crippen molar-refractivity contribution in [2.24, 2.45) is 0 Å². The third-order valence-corrected chi connectivity index (χ3v) is 6.34. The molecule has 1 amide bonds. The van der Waals surface area contributed by atoms with Crippen molar-refractivity contribution >= 4 is 35.0 Å². The molecule has 5 nitrogen and oxygen atoms in total. The molecule has 0 bridgehead atoms. The van der Waals surface area contributed by atoms with Gasteiger partial charge in [0, 0.05) is 16.2 Å². The minimum absolute atomic E-state index is 0.0535. The monoisotopic (exact) mass is 427 g/mol. The Morgan fingerprint density at radius 1 is 1.10 bits per heavy atom. The number of rotatable bonds is 6. The highest BCUT2D eigenvalue weighted by Crippen LogP contribution is 2.44. The molecule has 1 heterocycles. The Labute approximate surface area is 176 Å². The van der Waals surface area contributed by atoms with Crippen LogP contribution in [0.3, 0.4) is 0 Å². The summed E-state index contributed by atoms with van der Waals surface area (Å²) in [6.07, 6.45) is -0.899. The van der Waals surface area contributed by atoms with E-state index in [4.69, 9.17) is 21.4 Å². The van der Waals surface area contributed by atoms with E-state index in [0.29, 0.717) is 9.90 Å². The third-order valence-electron chi connectivity index (χ3n) is 4.95. The normalized spacial score (nSPS) is 13.4. The number of hydrogen-bond donors (Lipinski definition) is 2. The molecule has 0 spiro atoms. The molecule has 1 atom stereocenters. The van der Waals surface area contributed by atoms with Gasteiger partial charge < -0.3 is 15.2 Å². The fraction of sp³-hybridized carbons (Fsp3) is 0.182. The quantitative estimate of drug-likeness (QED) is 0.548. The van der Waals surface area contributed by atoms with Gasteiger partial charge in [-0.1, -0.05) is 60.1 Å². The molecular formula is C22H18ClNO4S. The van der Waals surface area contributed by atoms with Crippen LogP contribution in [0.15, 0.2) is 60.0 Å². The van der Waals surface area contributed by atoms with Gasteiger partial charge in [0.2, 0.25) is 0 Å². The number of halogens is 1. The second-order valence-electron chi connectivity index (χ2n) is 6.79. The second-order valence-corrected chi connectivity index (χ2v) is 8.17. The van der Waals surface area contributed by atoms with Crippen molar-refractivity contribution in [1.82, 2.24) is 5.32 Å². The van der Waals surface area contributed by atoms with Crippen molar-refractivity contribution in [3.05, 3.63) is 81.0 Å². The molecule has 7 heteroatoms. The van der Waals surface area contributed by atoms with E-state index in [1.165, 1.54) is 11.3 Å². The first kappa shape index (κ1) is 19.5. The minimum Gasteiger partial charge on any atom is -0.481 e. The smallest absolute Gasteiger partial charge is 0.407 e. The van der Waals surface area contributed by atoms with E-state index in [1.54, 1.807) is 11.4 Å². The highest BCUT2D eigenvalue weighted by atomic mass is 35.5. The van der Waals surface area contributed by atoms with Gasteiger partial charge in [0.25, 0.3) is 0 Å². The SMILES string of the molecule is O=C(O)C[C@@H](NC(=O)OCC1c2ccccc2-c2ccccc21)c1cc(Cl)cs1. The summed E-state index contributed by atoms with van der Waals surface area (Å²) in [5, 5.41) is 14.0. The van der Waals surface area contributed by atoms with Gasteiger partial charge in [0.15, 0.2) is 0 Å². The summed E-state index contributed by atoms with van der Waals surface area (Å²) in [4.78, 5) is 24.3. The lowest BCUT2D eigenvalue weighted by Gasteiger charge is -2.18. The first-order valence-electron chi connectivity index (χ1n) is 9.10. The van der Waals surface area contributed by atoms with Crippen LogP contribution < -0.4 is 5.32 Å². The highest BCUT2D eigenvalue weighted by molar-refractivity contribution is 7.10. The standard InChI is InChI=1S/C22H18ClNO4S/c23-13-9-20(29-12-13)19(10-21(25)26)24-22(27)28-11-18-16-7-3-1-5-14(16)15-6-2-4-8-17(15)18/h1-9,12,18-19H,10-11H2,(H,24,27)(H,25,26)/t19-/m1/s1. The van der Waals surface area contributed by atoms with Crippen LogP contribution in [0.2, 0.25) is 5.02 Å². The number of carboxylic acid groups (broad SMARTS) is 1. The number of ether oxygens (including phenoxy) is 1. The number of thiophene rings is 1. The molecule has 3 aromatic rings. The summed E-state index contributed by atoms with van der Waals surface area (Å²) in [5.41, 5.74) is 4.53. The Kier molecular flexibility index (Phi) is 5.56. The van der Waals surface area contributed by atoms with Crippen molar-refractivity contribution in [2.45, 2.75) is 18.4 Å². The van der Waals surface area contributed by atoms with Gasteiger partial charge in [-0.25, -0.2) is 4.79 Å². The lowest BCUT2D eigenvalue weighted by Crippen LogP contribution is -2.31. The van der Waals surface area contributed by atoms with Gasteiger partial charge in [-0.15, -0.1) is 11.3 Å². The predicted octanol–water partition coefficient (Wildman–Crippen LogP) is 5.46. The van der Waals surface area contributed by atoms with Gasteiger partial charge in [-0.2, -0.15) is 0 Å². The summed E-state index contributed by atoms with van der Waals surface area (Å²) in [5.74, 6) is -1.07. The number of fused-ring (bicyclic) bond motifs is 3. The molecule has 1 aromatic heterocycles. The third kappa shape index (κ3) is 4.13. The number of alkyl carbamates (subject to hydrolysis) is 1. The number of carboxylic acids is 1. The molecule has 1 aliphatic rings. The number of amides is 1. The van der Waals surface area contributed by atoms with Crippen LogP contribution in [0.4, 0.5) is 4.79 Å². The average Bonchev–Trinajstić information content (AvgIpc) is 3.27. The van der Waals surface area contributed by atoms with Gasteiger partial charge in [-0.05, 0) is 28.3 Å². The Bertz CT molecular complexity index is 1020. The number of hydrogen-bond acceptors (Lipinski definition) is 4. The number of carbonyl (C=O) groups excluding carboxylic acids is 1. The van der Waals surface area contributed by atoms with Gasteiger partial charge in [0.1, 0.15) is 6.61 Å². The second kappa shape index (κ2) is 8.27. The minimum atomic E-state index is -1.02. The maximum Gasteiger partial charge on any atom is 0.407 e. The Balaban J connectivity index is 1.47. The van der Waals surface area contributed by atoms with Crippen LogP contribution in [-0.4, -0.2) is 23.8 Å². The molecule has 0 radical (unpaired) electrons. The summed E-state index contributed by atoms with van der Waals surface area (Å²) in [7, 11) is 0. The number of nitrogens with one attached hydrogen (secondary N) is 1. The predicted molar refractivity (Wildman–Crippen MR) is 113 cm³/mol. The highest BCUT2D eigenvalue weighted by Gasteiger charge is 2.29. The molecule has 4 rings (SSSR count). The van der Waals surface area contributed by atoms with Crippen LogP contribution in [0.5, 0.6) is 0 Å². The summed E-state index contributed by atoms with van der Waals surface area (Å²) < 4.78 is 5.51. The number of benzene rings is 2. The van der Waals surface area contributed by atoms with E-state index in [0.717, 1.165) is 22.3 Å². The fourth-order valence-electron chi connectivity index (χ4n) is 3.69. The van der Waals surface area contributed by atoms with Crippen LogP contribution >= 0.6 is 22.9 Å². The first-order chi connectivity index (χ1) is 14.0. The molecule has 2 aromatic carbocycles. The molecule has 0 aliphatic heterocycles. The fourth-order valence-corrected chi connectivity index (χ4v) is 4.82. The zero-order chi connectivity index (χ0) is 20.4. The lowest BCUT2D eigenvalue weighted by atomic mass is 9.98. The molecule has 0 saturated heterocycles. The molecule has 148 valence electrons. The average molecular weight is 428 g/mol. The maximum absolute atomic E-state index is 12.4. The van der Waals surface area contributed by atoms with E-state index in [1.807, 2.05) is 36.4 Å². The van der Waals surface area contributed by atoms with Crippen molar-refractivity contribution in [1.29, 1.82) is 0 Å². The number of aliphatic carboxylic acids is 1. The molecule has 29 heavy (non-hydrogen) atoms. The van der Waals surface area contributed by atoms with Crippen LogP contribution in [0.25, 0.3) is 11.1 Å². The Hall–Kier alpha value is -2.83. The topological polar surface area (TPSA) is 75.6 Å². The largest absolute Gasteiger partial charge is 0.481 e. The van der Waals surface area contributed by atoms with E-state index >= 15 is 0 Å². The Morgan fingerprint density at radius 3 is 2.28 bits per heavy atom. The van der Waals surface area contributed by atoms with E-state index in [-0.39, 0.29) is 18.9 Å². The summed E-state index contributed by atoms with van der Waals surface area (Å²) in [6.45, 7) is 0.171. The van der Waals surface area contributed by atoms with Crippen molar-refractivity contribution < 1.29 is 19.4 Å². The van der Waals surface area contributed by atoms with Crippen LogP contribution in [0.1, 0.15) is 34.4 Å². The molecular weight excluding hydrogens is 410 g/mol. The molecule has 0 unspecified atom stereocenters. The molecule has 1 aliphatic carbocycles. The van der Waals surface area contributed by atoms with Gasteiger partial charge in [-0.3, -0.25) is 4.79 Å². The molecule has 2 N–H and O–H groups in total. The zero-order valence-corrected chi connectivity index (χ0v) is 16.9. The first-order valence-corrected chi connectivity index (χ1v) is 10.4. The van der Waals surface area contributed by atoms with Crippen LogP contribution in [0, 0.1) is 0 Å². The van der Waals surface area contributed by atoms with Crippen molar-refractivity contribution in [3.63, 3.8) is 0 Å². The lowest BCUT2D eigenvalue weighted by molar-refractivity contribution is -0.137. The van der Waals surface area contributed by atoms with Crippen LogP contribution in [-0.2, 0) is 9.53 Å². The van der Waals surface area contributed by atoms with Crippen molar-refractivity contribution in [2.75, 3.05) is 6.61 Å². The molecule has 0 fully saturated rings. The Morgan fingerprint density at radius 2 is 1.72 bits per heavy atom. The van der Waals surface area contributed by atoms with E-state index < -0.39 is 18.1 Å². The van der Waals surface area contributed by atoms with Crippen molar-refractivity contribution in [3.8, 4) is 11.1 Å². The maximum atomic E-state index is 12.4. The van der Waals surface area contributed by atoms with Gasteiger partial charge >= 0.3 is 12.1 Å². The zero-order valence-electron chi connectivity index (χ0n) is 15.3. The number of carbonyl (C=O) groups is 2. The summed E-state index contributed by atoms with van der Waals surface area (Å²) in [6, 6.07) is 17.1. The molecule has 0 saturated carbocycles. The summed E-state index contributed by atoms with van der Waals surface area (Å²) >= 11 is 7.24. The van der Waals surface area contributed by atoms with E-state index in [9.17, 15) is 9.59 Å².